The van der Waals surface area contributed by atoms with Gasteiger partial charge in [0.1, 0.15) is 12.7 Å². The molecule has 1 spiro atoms. The van der Waals surface area contributed by atoms with Crippen molar-refractivity contribution < 1.29 is 114 Å². The minimum absolute atomic E-state index is 0. The van der Waals surface area contributed by atoms with Crippen molar-refractivity contribution in [3.63, 3.8) is 0 Å². The van der Waals surface area contributed by atoms with Gasteiger partial charge in [-0.15, -0.1) is 0 Å². The predicted octanol–water partition coefficient (Wildman–Crippen LogP) is 0.820. The van der Waals surface area contributed by atoms with Crippen LogP contribution < -0.4 is 56.5 Å². The first-order valence-electron chi connectivity index (χ1n) is 20.1. The normalized spacial score (nSPS) is 45.3. The molecule has 5 saturated heterocycles. The molecule has 0 bridgehead atoms. The van der Waals surface area contributed by atoms with Gasteiger partial charge in [-0.3, -0.25) is 9.59 Å². The molecule has 5 fully saturated rings. The zero-order valence-corrected chi connectivity index (χ0v) is 37.6. The average Bonchev–Trinajstić information content (AvgIpc) is 3.81. The maximum Gasteiger partial charge on any atom is 1.00 e. The maximum atomic E-state index is 12.3. The van der Waals surface area contributed by atoms with Crippen LogP contribution in [0.4, 0.5) is 0 Å². The number of hydrogen-bond donors (Lipinski definition) is 2. The molecule has 0 aromatic heterocycles. The molecular weight excluding hydrogens is 728 g/mol. The second kappa shape index (κ2) is 17.9. The molecule has 0 amide bonds. The smallest absolute Gasteiger partial charge is 0.550 e. The quantitative estimate of drug-likeness (QED) is 0.210. The van der Waals surface area contributed by atoms with Crippen molar-refractivity contribution in [3.8, 4) is 0 Å². The van der Waals surface area contributed by atoms with Gasteiger partial charge in [-0.05, 0) is 57.8 Å². The molecule has 0 aliphatic carbocycles. The van der Waals surface area contributed by atoms with E-state index in [9.17, 15) is 29.7 Å². The Morgan fingerprint density at radius 2 is 1.57 bits per heavy atom. The van der Waals surface area contributed by atoms with Gasteiger partial charge >= 0.3 is 63.3 Å². The van der Waals surface area contributed by atoms with Crippen LogP contribution >= 0.6 is 0 Å². The van der Waals surface area contributed by atoms with Crippen molar-refractivity contribution >= 4 is 17.9 Å². The van der Waals surface area contributed by atoms with E-state index in [1.807, 2.05) is 20.8 Å². The van der Waals surface area contributed by atoms with Gasteiger partial charge < -0.3 is 53.3 Å². The summed E-state index contributed by atoms with van der Waals surface area (Å²) in [6.07, 6.45) is 0.977. The van der Waals surface area contributed by atoms with E-state index in [0.29, 0.717) is 19.3 Å². The molecule has 14 heteroatoms. The van der Waals surface area contributed by atoms with E-state index in [0.717, 1.165) is 19.3 Å². The molecule has 17 unspecified atom stereocenters. The molecule has 5 aliphatic heterocycles. The van der Waals surface area contributed by atoms with Crippen LogP contribution in [-0.2, 0) is 47.5 Å². The molecular formula is C40H65KO13. The Hall–Kier alpha value is -0.234. The molecule has 54 heavy (non-hydrogen) atoms. The van der Waals surface area contributed by atoms with Gasteiger partial charge in [-0.1, -0.05) is 55.4 Å². The fourth-order valence-electron chi connectivity index (χ4n) is 9.93. The van der Waals surface area contributed by atoms with E-state index in [-0.39, 0.29) is 131 Å². The van der Waals surface area contributed by atoms with Crippen LogP contribution in [0.2, 0.25) is 0 Å². The molecule has 17 atom stereocenters. The van der Waals surface area contributed by atoms with Gasteiger partial charge in [0.2, 0.25) is 5.79 Å². The molecule has 0 radical (unpaired) electrons. The van der Waals surface area contributed by atoms with Crippen molar-refractivity contribution in [1.29, 1.82) is 0 Å². The molecule has 5 heterocycles. The zero-order chi connectivity index (χ0) is 39.3. The SMILES string of the molecule is CCC(=O)OCC1(O)OC(C2CC(C)C(C3(C)CCC(C4(C)CCC5(CC(O)C(C)C(C(C)C(OC(=O)CC)C(C)C(=O)[O-])O5)O4)O3)O2)C(C)CC1C.[K+]. The van der Waals surface area contributed by atoms with Crippen molar-refractivity contribution in [2.24, 2.45) is 35.5 Å². The van der Waals surface area contributed by atoms with Crippen molar-refractivity contribution in [2.45, 2.75) is 193 Å². The number of aliphatic hydroxyl groups excluding tert-OH is 1. The number of aliphatic hydroxyl groups is 2. The number of carboxylic acid groups (broad SMARTS) is 1. The Labute approximate surface area is 364 Å². The Kier molecular flexibility index (Phi) is 15.4. The van der Waals surface area contributed by atoms with Crippen LogP contribution in [0, 0.1) is 35.5 Å². The summed E-state index contributed by atoms with van der Waals surface area (Å²) in [4.78, 5) is 36.2. The molecule has 5 rings (SSSR count). The van der Waals surface area contributed by atoms with E-state index in [1.54, 1.807) is 20.8 Å². The van der Waals surface area contributed by atoms with E-state index in [2.05, 4.69) is 20.8 Å². The van der Waals surface area contributed by atoms with Gasteiger partial charge in [0.25, 0.3) is 0 Å². The van der Waals surface area contributed by atoms with Crippen LogP contribution in [0.1, 0.15) is 127 Å². The second-order valence-electron chi connectivity index (χ2n) is 17.6. The third-order valence-electron chi connectivity index (χ3n) is 13.4. The van der Waals surface area contributed by atoms with Gasteiger partial charge in [0, 0.05) is 55.3 Å². The van der Waals surface area contributed by atoms with Gasteiger partial charge in [0.15, 0.2) is 5.79 Å². The average molecular weight is 793 g/mol. The Morgan fingerprint density at radius 3 is 2.20 bits per heavy atom. The third kappa shape index (κ3) is 9.46. The first kappa shape index (κ1) is 46.5. The maximum absolute atomic E-state index is 12.3. The summed E-state index contributed by atoms with van der Waals surface area (Å²) in [5.74, 6) is -6.92. The number of aliphatic carboxylic acids is 1. The van der Waals surface area contributed by atoms with Crippen LogP contribution in [0.5, 0.6) is 0 Å². The number of carbonyl (C=O) groups excluding carboxylic acids is 3. The van der Waals surface area contributed by atoms with Gasteiger partial charge in [-0.2, -0.15) is 0 Å². The largest absolute Gasteiger partial charge is 1.00 e. The van der Waals surface area contributed by atoms with Crippen LogP contribution in [-0.4, -0.2) is 100 Å². The Morgan fingerprint density at radius 1 is 0.907 bits per heavy atom. The molecule has 13 nitrogen and oxygen atoms in total. The van der Waals surface area contributed by atoms with E-state index in [1.165, 1.54) is 6.92 Å². The zero-order valence-electron chi connectivity index (χ0n) is 34.5. The fraction of sp³-hybridized carbons (Fsp3) is 0.925. The molecule has 5 aliphatic rings. The standard InChI is InChI=1S/C40H66O13.K/c1-11-30(42)47-20-40(46)23(5)17-21(3)32(52-40)28-18-22(4)35(48-28)38(10)14-13-29(50-38)37(9)15-16-39(53-37)19-27(41)24(6)34(51-39)25(7)33(26(8)36(44)45)49-31(43)12-2;/h21-29,32-35,41,46H,11-20H2,1-10H3,(H,44,45);/q;+1/p-1. The monoisotopic (exact) mass is 792 g/mol. The summed E-state index contributed by atoms with van der Waals surface area (Å²) in [5.41, 5.74) is -1.35. The molecule has 0 aromatic carbocycles. The van der Waals surface area contributed by atoms with Crippen LogP contribution in [0.3, 0.4) is 0 Å². The van der Waals surface area contributed by atoms with Gasteiger partial charge in [0.05, 0.1) is 47.8 Å². The first-order chi connectivity index (χ1) is 24.7. The first-order valence-corrected chi connectivity index (χ1v) is 20.1. The Balaban J connectivity index is 0.00000650. The van der Waals surface area contributed by atoms with Crippen molar-refractivity contribution in [2.75, 3.05) is 6.61 Å². The number of carboxylic acids is 1. The summed E-state index contributed by atoms with van der Waals surface area (Å²) in [6, 6.07) is 0. The number of hydrogen-bond acceptors (Lipinski definition) is 13. The molecule has 304 valence electrons. The Bertz CT molecular complexity index is 1330. The second-order valence-corrected chi connectivity index (χ2v) is 17.6. The van der Waals surface area contributed by atoms with Crippen LogP contribution in [0.25, 0.3) is 0 Å². The predicted molar refractivity (Wildman–Crippen MR) is 189 cm³/mol. The number of esters is 2. The van der Waals surface area contributed by atoms with E-state index < -0.39 is 64.9 Å². The number of ether oxygens (including phenoxy) is 7. The van der Waals surface area contributed by atoms with Crippen molar-refractivity contribution in [1.82, 2.24) is 0 Å². The number of rotatable bonds is 12. The van der Waals surface area contributed by atoms with Crippen LogP contribution in [0.15, 0.2) is 0 Å². The summed E-state index contributed by atoms with van der Waals surface area (Å²) >= 11 is 0. The molecule has 0 aromatic rings. The van der Waals surface area contributed by atoms with E-state index >= 15 is 0 Å². The summed E-state index contributed by atoms with van der Waals surface area (Å²) in [7, 11) is 0. The molecule has 0 saturated carbocycles. The minimum Gasteiger partial charge on any atom is -0.550 e. The summed E-state index contributed by atoms with van der Waals surface area (Å²) in [5, 5.41) is 34.7. The minimum atomic E-state index is -1.59. The summed E-state index contributed by atoms with van der Waals surface area (Å²) in [6.45, 7) is 18.6. The van der Waals surface area contributed by atoms with E-state index in [4.69, 9.17) is 33.2 Å². The third-order valence-corrected chi connectivity index (χ3v) is 13.4. The van der Waals surface area contributed by atoms with Crippen molar-refractivity contribution in [3.05, 3.63) is 0 Å². The summed E-state index contributed by atoms with van der Waals surface area (Å²) < 4.78 is 44.7. The number of carbonyl (C=O) groups is 3. The topological polar surface area (TPSA) is 179 Å². The fourth-order valence-corrected chi connectivity index (χ4v) is 9.93. The van der Waals surface area contributed by atoms with Gasteiger partial charge in [-0.25, -0.2) is 0 Å². The molecule has 2 N–H and O–H groups in total.